The number of anilines is 1. The van der Waals surface area contributed by atoms with Gasteiger partial charge in [-0.25, -0.2) is 13.8 Å². The van der Waals surface area contributed by atoms with E-state index >= 15 is 0 Å². The van der Waals surface area contributed by atoms with Crippen molar-refractivity contribution in [1.29, 1.82) is 5.26 Å². The molecular formula is C13H11F2N3S. The van der Waals surface area contributed by atoms with Crippen LogP contribution in [0.1, 0.15) is 21.1 Å². The van der Waals surface area contributed by atoms with E-state index in [1.165, 1.54) is 11.3 Å². The van der Waals surface area contributed by atoms with E-state index in [1.807, 2.05) is 13.8 Å². The molecule has 19 heavy (non-hydrogen) atoms. The molecule has 2 aromatic rings. The quantitative estimate of drug-likeness (QED) is 0.935. The Balaban J connectivity index is 2.21. The number of hydrogen-bond donors (Lipinski definition) is 1. The molecule has 0 aliphatic carbocycles. The average Bonchev–Trinajstić information content (AvgIpc) is 2.66. The van der Waals surface area contributed by atoms with Crippen molar-refractivity contribution in [3.05, 3.63) is 44.9 Å². The number of nitriles is 1. The number of hydrogen-bond acceptors (Lipinski definition) is 4. The molecule has 0 aliphatic rings. The maximum atomic E-state index is 13.6. The van der Waals surface area contributed by atoms with E-state index in [0.717, 1.165) is 27.7 Å². The Hall–Kier alpha value is -2.00. The van der Waals surface area contributed by atoms with Gasteiger partial charge in [-0.2, -0.15) is 5.26 Å². The van der Waals surface area contributed by atoms with Crippen LogP contribution in [0.3, 0.4) is 0 Å². The molecule has 0 unspecified atom stereocenters. The molecule has 0 saturated carbocycles. The van der Waals surface area contributed by atoms with Gasteiger partial charge in [0.25, 0.3) is 0 Å². The Morgan fingerprint density at radius 3 is 2.42 bits per heavy atom. The molecule has 1 heterocycles. The predicted molar refractivity (Wildman–Crippen MR) is 70.0 cm³/mol. The first kappa shape index (κ1) is 13.4. The summed E-state index contributed by atoms with van der Waals surface area (Å²) in [6, 6.07) is 3.71. The minimum Gasteiger partial charge on any atom is -0.375 e. The highest BCUT2D eigenvalue weighted by molar-refractivity contribution is 7.11. The lowest BCUT2D eigenvalue weighted by Gasteiger charge is -2.08. The van der Waals surface area contributed by atoms with Crippen molar-refractivity contribution in [2.75, 3.05) is 5.32 Å². The van der Waals surface area contributed by atoms with Crippen molar-refractivity contribution in [2.45, 2.75) is 20.4 Å². The highest BCUT2D eigenvalue weighted by atomic mass is 32.1. The Kier molecular flexibility index (Phi) is 3.76. The highest BCUT2D eigenvalue weighted by Crippen LogP contribution is 2.23. The zero-order valence-corrected chi connectivity index (χ0v) is 11.2. The number of halogens is 2. The average molecular weight is 279 g/mol. The maximum Gasteiger partial charge on any atom is 0.150 e. The topological polar surface area (TPSA) is 48.7 Å². The van der Waals surface area contributed by atoms with E-state index in [2.05, 4.69) is 10.3 Å². The molecule has 0 atom stereocenters. The third-order valence-corrected chi connectivity index (χ3v) is 3.53. The molecule has 3 nitrogen and oxygen atoms in total. The van der Waals surface area contributed by atoms with Crippen LogP contribution in [0, 0.1) is 36.8 Å². The van der Waals surface area contributed by atoms with Crippen LogP contribution in [-0.2, 0) is 6.54 Å². The van der Waals surface area contributed by atoms with E-state index in [9.17, 15) is 8.78 Å². The normalized spacial score (nSPS) is 10.3. The lowest BCUT2D eigenvalue weighted by Crippen LogP contribution is -2.05. The van der Waals surface area contributed by atoms with Crippen LogP contribution in [0.2, 0.25) is 0 Å². The molecule has 0 saturated heterocycles. The van der Waals surface area contributed by atoms with Crippen molar-refractivity contribution in [3.8, 4) is 6.07 Å². The SMILES string of the molecule is Cc1nc(CNc2c(F)cc(C#N)cc2F)c(C)s1. The number of benzene rings is 1. The van der Waals surface area contributed by atoms with Gasteiger partial charge < -0.3 is 5.32 Å². The van der Waals surface area contributed by atoms with Crippen LogP contribution < -0.4 is 5.32 Å². The van der Waals surface area contributed by atoms with Crippen molar-refractivity contribution >= 4 is 17.0 Å². The Labute approximate surface area is 113 Å². The van der Waals surface area contributed by atoms with Crippen LogP contribution in [0.4, 0.5) is 14.5 Å². The fourth-order valence-electron chi connectivity index (χ4n) is 1.71. The molecule has 0 amide bonds. The molecule has 1 N–H and O–H groups in total. The molecular weight excluding hydrogens is 268 g/mol. The molecule has 2 rings (SSSR count). The zero-order chi connectivity index (χ0) is 14.0. The van der Waals surface area contributed by atoms with Gasteiger partial charge in [0.2, 0.25) is 0 Å². The second kappa shape index (κ2) is 5.33. The second-order valence-corrected chi connectivity index (χ2v) is 5.42. The molecule has 6 heteroatoms. The van der Waals surface area contributed by atoms with Crippen molar-refractivity contribution < 1.29 is 8.78 Å². The molecule has 98 valence electrons. The van der Waals surface area contributed by atoms with Gasteiger partial charge in [0.15, 0.2) is 11.6 Å². The van der Waals surface area contributed by atoms with Gasteiger partial charge in [-0.05, 0) is 26.0 Å². The van der Waals surface area contributed by atoms with E-state index in [4.69, 9.17) is 5.26 Å². The van der Waals surface area contributed by atoms with E-state index in [-0.39, 0.29) is 17.8 Å². The van der Waals surface area contributed by atoms with Gasteiger partial charge >= 0.3 is 0 Å². The minimum atomic E-state index is -0.777. The summed E-state index contributed by atoms with van der Waals surface area (Å²) < 4.78 is 27.3. The third-order valence-electron chi connectivity index (χ3n) is 2.60. The first-order chi connectivity index (χ1) is 9.01. The summed E-state index contributed by atoms with van der Waals surface area (Å²) in [6.45, 7) is 4.03. The van der Waals surface area contributed by atoms with Gasteiger partial charge in [-0.15, -0.1) is 11.3 Å². The number of aryl methyl sites for hydroxylation is 2. The van der Waals surface area contributed by atoms with Gasteiger partial charge in [-0.3, -0.25) is 0 Å². The smallest absolute Gasteiger partial charge is 0.150 e. The van der Waals surface area contributed by atoms with Crippen LogP contribution in [0.15, 0.2) is 12.1 Å². The lowest BCUT2D eigenvalue weighted by molar-refractivity contribution is 0.587. The van der Waals surface area contributed by atoms with Crippen LogP contribution >= 0.6 is 11.3 Å². The number of rotatable bonds is 3. The summed E-state index contributed by atoms with van der Waals surface area (Å²) in [4.78, 5) is 5.29. The molecule has 0 radical (unpaired) electrons. The molecule has 0 spiro atoms. The van der Waals surface area contributed by atoms with Crippen molar-refractivity contribution in [1.82, 2.24) is 4.98 Å². The van der Waals surface area contributed by atoms with Gasteiger partial charge in [0.05, 0.1) is 28.9 Å². The first-order valence-corrected chi connectivity index (χ1v) is 6.39. The fourth-order valence-corrected chi connectivity index (χ4v) is 2.55. The summed E-state index contributed by atoms with van der Waals surface area (Å²) in [5, 5.41) is 12.2. The van der Waals surface area contributed by atoms with E-state index < -0.39 is 11.6 Å². The molecule has 1 aromatic heterocycles. The van der Waals surface area contributed by atoms with Crippen LogP contribution in [0.25, 0.3) is 0 Å². The molecule has 0 bridgehead atoms. The number of thiazole rings is 1. The summed E-state index contributed by atoms with van der Waals surface area (Å²) in [6.07, 6.45) is 0. The lowest BCUT2D eigenvalue weighted by atomic mass is 10.2. The van der Waals surface area contributed by atoms with Crippen molar-refractivity contribution in [3.63, 3.8) is 0 Å². The largest absolute Gasteiger partial charge is 0.375 e. The third kappa shape index (κ3) is 2.88. The summed E-state index contributed by atoms with van der Waals surface area (Å²) in [5.74, 6) is -1.55. The maximum absolute atomic E-state index is 13.6. The Morgan fingerprint density at radius 2 is 1.95 bits per heavy atom. The van der Waals surface area contributed by atoms with Crippen LogP contribution in [0.5, 0.6) is 0 Å². The monoisotopic (exact) mass is 279 g/mol. The number of nitrogens with one attached hydrogen (secondary N) is 1. The fraction of sp³-hybridized carbons (Fsp3) is 0.231. The Bertz CT molecular complexity index is 635. The standard InChI is InChI=1S/C13H11F2N3S/c1-7-12(18-8(2)19-7)6-17-13-10(14)3-9(5-16)4-11(13)15/h3-4,17H,6H2,1-2H3. The van der Waals surface area contributed by atoms with Gasteiger partial charge in [0, 0.05) is 4.88 Å². The van der Waals surface area contributed by atoms with Gasteiger partial charge in [-0.1, -0.05) is 0 Å². The van der Waals surface area contributed by atoms with Crippen molar-refractivity contribution in [2.24, 2.45) is 0 Å². The summed E-state index contributed by atoms with van der Waals surface area (Å²) in [7, 11) is 0. The van der Waals surface area contributed by atoms with Gasteiger partial charge in [0.1, 0.15) is 5.69 Å². The van der Waals surface area contributed by atoms with E-state index in [1.54, 1.807) is 6.07 Å². The first-order valence-electron chi connectivity index (χ1n) is 5.57. The van der Waals surface area contributed by atoms with Crippen LogP contribution in [-0.4, -0.2) is 4.98 Å². The molecule has 0 fully saturated rings. The number of aromatic nitrogens is 1. The minimum absolute atomic E-state index is 0.0405. The molecule has 0 aliphatic heterocycles. The summed E-state index contributed by atoms with van der Waals surface area (Å²) in [5.41, 5.74) is 0.496. The predicted octanol–water partition coefficient (Wildman–Crippen LogP) is 3.52. The number of nitrogens with zero attached hydrogens (tertiary/aromatic N) is 2. The summed E-state index contributed by atoms with van der Waals surface area (Å²) >= 11 is 1.54. The second-order valence-electron chi connectivity index (χ2n) is 4.02. The van der Waals surface area contributed by atoms with E-state index in [0.29, 0.717) is 0 Å². The Morgan fingerprint density at radius 1 is 1.32 bits per heavy atom. The highest BCUT2D eigenvalue weighted by Gasteiger charge is 2.12. The molecule has 1 aromatic carbocycles. The zero-order valence-electron chi connectivity index (χ0n) is 10.4.